The summed E-state index contributed by atoms with van der Waals surface area (Å²) in [4.78, 5) is 11.8. The van der Waals surface area contributed by atoms with Crippen LogP contribution < -0.4 is 15.4 Å². The van der Waals surface area contributed by atoms with Gasteiger partial charge in [0.2, 0.25) is 0 Å². The first kappa shape index (κ1) is 18.2. The predicted octanol–water partition coefficient (Wildman–Crippen LogP) is 2.36. The van der Waals surface area contributed by atoms with Gasteiger partial charge in [0.25, 0.3) is 5.91 Å². The number of amides is 1. The molecule has 0 saturated carbocycles. The third-order valence-corrected chi connectivity index (χ3v) is 3.05. The molecular weight excluding hydrogens is 332 g/mol. The molecule has 6 heteroatoms. The Labute approximate surface area is 128 Å². The van der Waals surface area contributed by atoms with Crippen molar-refractivity contribution in [2.24, 2.45) is 0 Å². The molecule has 1 rings (SSSR count). The normalized spacial score (nSPS) is 13.1. The van der Waals surface area contributed by atoms with Crippen LogP contribution in [-0.4, -0.2) is 31.6 Å². The summed E-state index contributed by atoms with van der Waals surface area (Å²) in [6.07, 6.45) is -0.511. The van der Waals surface area contributed by atoms with E-state index in [1.54, 1.807) is 6.92 Å². The van der Waals surface area contributed by atoms with Crippen molar-refractivity contribution in [2.45, 2.75) is 26.0 Å². The number of ether oxygens (including phenoxy) is 1. The van der Waals surface area contributed by atoms with Gasteiger partial charge in [-0.1, -0.05) is 22.0 Å². The van der Waals surface area contributed by atoms with Crippen molar-refractivity contribution in [1.29, 1.82) is 0 Å². The number of rotatable bonds is 6. The highest BCUT2D eigenvalue weighted by molar-refractivity contribution is 9.10. The van der Waals surface area contributed by atoms with Crippen molar-refractivity contribution in [3.63, 3.8) is 0 Å². The molecule has 108 valence electrons. The SMILES string of the molecule is CNC(C)CNC(=O)C(C)Oc1cccc(Br)c1.Cl. The van der Waals surface area contributed by atoms with Crippen LogP contribution >= 0.6 is 28.3 Å². The molecule has 4 nitrogen and oxygen atoms in total. The number of hydrogen-bond donors (Lipinski definition) is 2. The molecule has 0 spiro atoms. The van der Waals surface area contributed by atoms with E-state index in [4.69, 9.17) is 4.74 Å². The Bertz CT molecular complexity index is 404. The fourth-order valence-corrected chi connectivity index (χ4v) is 1.68. The minimum Gasteiger partial charge on any atom is -0.481 e. The number of likely N-dealkylation sites (N-methyl/N-ethyl adjacent to an activating group) is 1. The van der Waals surface area contributed by atoms with Gasteiger partial charge in [-0.15, -0.1) is 12.4 Å². The molecular formula is C13H20BrClN2O2. The zero-order valence-corrected chi connectivity index (χ0v) is 13.7. The minimum absolute atomic E-state index is 0. The maximum Gasteiger partial charge on any atom is 0.260 e. The van der Waals surface area contributed by atoms with Crippen LogP contribution in [0.25, 0.3) is 0 Å². The standard InChI is InChI=1S/C13H19BrN2O2.ClH/c1-9(15-3)8-16-13(17)10(2)18-12-6-4-5-11(14)7-12;/h4-7,9-10,15H,8H2,1-3H3,(H,16,17);1H. The van der Waals surface area contributed by atoms with Crippen molar-refractivity contribution < 1.29 is 9.53 Å². The van der Waals surface area contributed by atoms with Gasteiger partial charge in [0.1, 0.15) is 5.75 Å². The summed E-state index contributed by atoms with van der Waals surface area (Å²) in [5.41, 5.74) is 0. The lowest BCUT2D eigenvalue weighted by Crippen LogP contribution is -2.42. The monoisotopic (exact) mass is 350 g/mol. The summed E-state index contributed by atoms with van der Waals surface area (Å²) >= 11 is 3.36. The van der Waals surface area contributed by atoms with Crippen LogP contribution in [0, 0.1) is 0 Å². The Morgan fingerprint density at radius 2 is 2.11 bits per heavy atom. The van der Waals surface area contributed by atoms with Crippen molar-refractivity contribution in [3.8, 4) is 5.75 Å². The van der Waals surface area contributed by atoms with E-state index in [1.807, 2.05) is 38.2 Å². The molecule has 19 heavy (non-hydrogen) atoms. The third kappa shape index (κ3) is 6.80. The molecule has 0 aromatic heterocycles. The van der Waals surface area contributed by atoms with E-state index < -0.39 is 6.10 Å². The molecule has 1 amide bonds. The summed E-state index contributed by atoms with van der Waals surface area (Å²) in [5, 5.41) is 5.88. The van der Waals surface area contributed by atoms with Crippen LogP contribution in [0.4, 0.5) is 0 Å². The Morgan fingerprint density at radius 1 is 1.42 bits per heavy atom. The lowest BCUT2D eigenvalue weighted by atomic mass is 10.3. The summed E-state index contributed by atoms with van der Waals surface area (Å²) in [7, 11) is 1.86. The molecule has 0 heterocycles. The number of nitrogens with one attached hydrogen (secondary N) is 2. The summed E-state index contributed by atoms with van der Waals surface area (Å²) in [6, 6.07) is 7.68. The van der Waals surface area contributed by atoms with E-state index in [-0.39, 0.29) is 24.4 Å². The Kier molecular flexibility index (Phi) is 8.80. The zero-order chi connectivity index (χ0) is 13.5. The zero-order valence-electron chi connectivity index (χ0n) is 11.3. The molecule has 0 bridgehead atoms. The van der Waals surface area contributed by atoms with Gasteiger partial charge in [-0.05, 0) is 39.1 Å². The van der Waals surface area contributed by atoms with Gasteiger partial charge in [-0.3, -0.25) is 4.79 Å². The van der Waals surface area contributed by atoms with Gasteiger partial charge < -0.3 is 15.4 Å². The Morgan fingerprint density at radius 3 is 2.68 bits per heavy atom. The highest BCUT2D eigenvalue weighted by Crippen LogP contribution is 2.18. The van der Waals surface area contributed by atoms with Crippen LogP contribution in [0.3, 0.4) is 0 Å². The number of carbonyl (C=O) groups is 1. The van der Waals surface area contributed by atoms with E-state index in [9.17, 15) is 4.79 Å². The fourth-order valence-electron chi connectivity index (χ4n) is 1.30. The lowest BCUT2D eigenvalue weighted by Gasteiger charge is -2.17. The topological polar surface area (TPSA) is 50.4 Å². The van der Waals surface area contributed by atoms with Crippen molar-refractivity contribution in [3.05, 3.63) is 28.7 Å². The predicted molar refractivity (Wildman–Crippen MR) is 83.0 cm³/mol. The second-order valence-electron chi connectivity index (χ2n) is 4.15. The molecule has 1 aromatic carbocycles. The largest absolute Gasteiger partial charge is 0.481 e. The highest BCUT2D eigenvalue weighted by Gasteiger charge is 2.14. The van der Waals surface area contributed by atoms with E-state index >= 15 is 0 Å². The third-order valence-electron chi connectivity index (χ3n) is 2.55. The van der Waals surface area contributed by atoms with Crippen LogP contribution in [-0.2, 0) is 4.79 Å². The minimum atomic E-state index is -0.511. The molecule has 2 N–H and O–H groups in total. The lowest BCUT2D eigenvalue weighted by molar-refractivity contribution is -0.127. The van der Waals surface area contributed by atoms with Crippen LogP contribution in [0.2, 0.25) is 0 Å². The van der Waals surface area contributed by atoms with E-state index in [2.05, 4.69) is 26.6 Å². The summed E-state index contributed by atoms with van der Waals surface area (Å²) < 4.78 is 6.49. The van der Waals surface area contributed by atoms with Crippen LogP contribution in [0.15, 0.2) is 28.7 Å². The Balaban J connectivity index is 0.00000324. The maximum atomic E-state index is 11.8. The Hall–Kier alpha value is -0.780. The first-order chi connectivity index (χ1) is 8.52. The fraction of sp³-hybridized carbons (Fsp3) is 0.462. The quantitative estimate of drug-likeness (QED) is 0.827. The van der Waals surface area contributed by atoms with Crippen LogP contribution in [0.1, 0.15) is 13.8 Å². The molecule has 0 aliphatic carbocycles. The van der Waals surface area contributed by atoms with Gasteiger partial charge in [-0.2, -0.15) is 0 Å². The second-order valence-corrected chi connectivity index (χ2v) is 5.07. The number of carbonyl (C=O) groups excluding carboxylic acids is 1. The van der Waals surface area contributed by atoms with Gasteiger partial charge in [0, 0.05) is 17.1 Å². The van der Waals surface area contributed by atoms with Gasteiger partial charge in [0.05, 0.1) is 0 Å². The number of hydrogen-bond acceptors (Lipinski definition) is 3. The molecule has 0 saturated heterocycles. The summed E-state index contributed by atoms with van der Waals surface area (Å²) in [5.74, 6) is 0.561. The smallest absolute Gasteiger partial charge is 0.260 e. The van der Waals surface area contributed by atoms with E-state index in [0.29, 0.717) is 12.3 Å². The van der Waals surface area contributed by atoms with Crippen molar-refractivity contribution >= 4 is 34.2 Å². The summed E-state index contributed by atoms with van der Waals surface area (Å²) in [6.45, 7) is 4.32. The second kappa shape index (κ2) is 9.18. The first-order valence-electron chi connectivity index (χ1n) is 5.90. The average molecular weight is 352 g/mol. The molecule has 2 atom stereocenters. The van der Waals surface area contributed by atoms with Crippen molar-refractivity contribution in [1.82, 2.24) is 10.6 Å². The maximum absolute atomic E-state index is 11.8. The number of halogens is 2. The molecule has 0 aliphatic heterocycles. The molecule has 2 unspecified atom stereocenters. The highest BCUT2D eigenvalue weighted by atomic mass is 79.9. The molecule has 0 fully saturated rings. The number of benzene rings is 1. The first-order valence-corrected chi connectivity index (χ1v) is 6.69. The van der Waals surface area contributed by atoms with Crippen LogP contribution in [0.5, 0.6) is 5.75 Å². The van der Waals surface area contributed by atoms with Gasteiger partial charge in [0.15, 0.2) is 6.10 Å². The molecule has 0 radical (unpaired) electrons. The van der Waals surface area contributed by atoms with E-state index in [0.717, 1.165) is 4.47 Å². The molecule has 0 aliphatic rings. The van der Waals surface area contributed by atoms with Gasteiger partial charge >= 0.3 is 0 Å². The van der Waals surface area contributed by atoms with Gasteiger partial charge in [-0.25, -0.2) is 0 Å². The molecule has 1 aromatic rings. The van der Waals surface area contributed by atoms with Crippen molar-refractivity contribution in [2.75, 3.05) is 13.6 Å². The van der Waals surface area contributed by atoms with E-state index in [1.165, 1.54) is 0 Å². The average Bonchev–Trinajstić information content (AvgIpc) is 2.35.